The zero-order chi connectivity index (χ0) is 29.2. The van der Waals surface area contributed by atoms with Gasteiger partial charge in [0, 0.05) is 57.2 Å². The number of likely N-dealkylation sites (N-methyl/N-ethyl adjacent to an activating group) is 1. The molecule has 2 aromatic carbocycles. The van der Waals surface area contributed by atoms with Gasteiger partial charge in [0.05, 0.1) is 6.42 Å². The van der Waals surface area contributed by atoms with Gasteiger partial charge in [-0.25, -0.2) is 14.2 Å². The second-order valence-electron chi connectivity index (χ2n) is 9.87. The Morgan fingerprint density at radius 1 is 0.976 bits per heavy atom. The van der Waals surface area contributed by atoms with Crippen molar-refractivity contribution in [2.24, 2.45) is 0 Å². The molecule has 0 spiro atoms. The molecule has 10 nitrogen and oxygen atoms in total. The van der Waals surface area contributed by atoms with Crippen LogP contribution < -0.4 is 20.7 Å². The van der Waals surface area contributed by atoms with Crippen LogP contribution in [0.2, 0.25) is 0 Å². The average Bonchev–Trinajstić information content (AvgIpc) is 2.94. The van der Waals surface area contributed by atoms with E-state index in [1.54, 1.807) is 59.6 Å². The first kappa shape index (κ1) is 29.8. The molecule has 1 aliphatic heterocycles. The standard InChI is InChI=1S/C29H34FN7O3S/c1-35(2)13-14-36-15-17-37(18-16-36)29(39)33-26-20-25(11-12-31-26)40-24-9-7-23(8-10-24)32-28(41)34-27(38)19-21-3-5-22(30)6-4-21/h3-12,20H,13-19H2,1-2H3,(H,31,33,39)(H2,32,34,38,41). The summed E-state index contributed by atoms with van der Waals surface area (Å²) in [5.41, 5.74) is 1.34. The highest BCUT2D eigenvalue weighted by molar-refractivity contribution is 7.80. The number of halogens is 1. The minimum Gasteiger partial charge on any atom is -0.457 e. The van der Waals surface area contributed by atoms with Crippen molar-refractivity contribution in [1.29, 1.82) is 0 Å². The molecule has 216 valence electrons. The lowest BCUT2D eigenvalue weighted by atomic mass is 10.1. The van der Waals surface area contributed by atoms with E-state index in [4.69, 9.17) is 17.0 Å². The molecule has 0 atom stereocenters. The van der Waals surface area contributed by atoms with Gasteiger partial charge < -0.3 is 25.2 Å². The van der Waals surface area contributed by atoms with Crippen molar-refractivity contribution >= 4 is 40.8 Å². The van der Waals surface area contributed by atoms with E-state index in [9.17, 15) is 14.0 Å². The average molecular weight is 580 g/mol. The number of rotatable bonds is 9. The third-order valence-corrected chi connectivity index (χ3v) is 6.57. The summed E-state index contributed by atoms with van der Waals surface area (Å²) in [6.45, 7) is 5.00. The van der Waals surface area contributed by atoms with Gasteiger partial charge in [0.1, 0.15) is 23.1 Å². The highest BCUT2D eigenvalue weighted by atomic mass is 32.1. The molecule has 12 heteroatoms. The van der Waals surface area contributed by atoms with Crippen LogP contribution in [0.25, 0.3) is 0 Å². The number of urea groups is 1. The molecule has 1 fully saturated rings. The number of benzene rings is 2. The van der Waals surface area contributed by atoms with E-state index in [1.807, 2.05) is 0 Å². The zero-order valence-corrected chi connectivity index (χ0v) is 23.9. The van der Waals surface area contributed by atoms with Crippen molar-refractivity contribution in [2.45, 2.75) is 6.42 Å². The molecule has 1 saturated heterocycles. The van der Waals surface area contributed by atoms with Crippen molar-refractivity contribution < 1.29 is 18.7 Å². The predicted molar refractivity (Wildman–Crippen MR) is 161 cm³/mol. The normalized spacial score (nSPS) is 13.5. The molecule has 3 N–H and O–H groups in total. The first-order valence-corrected chi connectivity index (χ1v) is 13.7. The maximum atomic E-state index is 13.0. The zero-order valence-electron chi connectivity index (χ0n) is 23.1. The summed E-state index contributed by atoms with van der Waals surface area (Å²) >= 11 is 5.23. The second kappa shape index (κ2) is 14.5. The number of hydrogen-bond acceptors (Lipinski definition) is 7. The van der Waals surface area contributed by atoms with Gasteiger partial charge in [0.15, 0.2) is 5.11 Å². The Morgan fingerprint density at radius 2 is 1.68 bits per heavy atom. The van der Waals surface area contributed by atoms with E-state index >= 15 is 0 Å². The highest BCUT2D eigenvalue weighted by Gasteiger charge is 2.21. The third-order valence-electron chi connectivity index (χ3n) is 6.37. The van der Waals surface area contributed by atoms with Crippen molar-refractivity contribution in [3.05, 3.63) is 78.2 Å². The van der Waals surface area contributed by atoms with Crippen LogP contribution in [0.3, 0.4) is 0 Å². The van der Waals surface area contributed by atoms with Gasteiger partial charge in [-0.1, -0.05) is 12.1 Å². The van der Waals surface area contributed by atoms with Crippen molar-refractivity contribution in [2.75, 3.05) is 64.0 Å². The number of nitrogens with zero attached hydrogens (tertiary/aromatic N) is 4. The molecule has 0 radical (unpaired) electrons. The molecule has 1 aliphatic rings. The van der Waals surface area contributed by atoms with Gasteiger partial charge in [-0.05, 0) is 74.3 Å². The summed E-state index contributed by atoms with van der Waals surface area (Å²) in [6, 6.07) is 15.9. The van der Waals surface area contributed by atoms with Crippen LogP contribution in [0.15, 0.2) is 66.9 Å². The van der Waals surface area contributed by atoms with Crippen molar-refractivity contribution in [3.63, 3.8) is 0 Å². The number of aromatic nitrogens is 1. The Kier molecular flexibility index (Phi) is 10.5. The van der Waals surface area contributed by atoms with Crippen LogP contribution in [-0.2, 0) is 11.2 Å². The fourth-order valence-corrected chi connectivity index (χ4v) is 4.34. The largest absolute Gasteiger partial charge is 0.457 e. The first-order valence-electron chi connectivity index (χ1n) is 13.3. The maximum Gasteiger partial charge on any atom is 0.323 e. The molecule has 2 heterocycles. The molecule has 0 unspecified atom stereocenters. The summed E-state index contributed by atoms with van der Waals surface area (Å²) in [4.78, 5) is 35.5. The lowest BCUT2D eigenvalue weighted by Gasteiger charge is -2.35. The SMILES string of the molecule is CN(C)CCN1CCN(C(=O)Nc2cc(Oc3ccc(NC(=S)NC(=O)Cc4ccc(F)cc4)cc3)ccn2)CC1. The molecule has 4 rings (SSSR count). The Bertz CT molecular complexity index is 1330. The Balaban J connectivity index is 1.22. The number of amides is 3. The van der Waals surface area contributed by atoms with Crippen molar-refractivity contribution in [3.8, 4) is 11.5 Å². The van der Waals surface area contributed by atoms with Crippen LogP contribution in [0, 0.1) is 5.82 Å². The lowest BCUT2D eigenvalue weighted by molar-refractivity contribution is -0.119. The number of carbonyl (C=O) groups excluding carboxylic acids is 2. The number of hydrogen-bond donors (Lipinski definition) is 3. The summed E-state index contributed by atoms with van der Waals surface area (Å²) in [6.07, 6.45) is 1.66. The van der Waals surface area contributed by atoms with Gasteiger partial charge in [0.25, 0.3) is 0 Å². The molecule has 0 aliphatic carbocycles. The van der Waals surface area contributed by atoms with E-state index in [2.05, 4.69) is 44.8 Å². The van der Waals surface area contributed by atoms with Crippen LogP contribution in [-0.4, -0.2) is 90.1 Å². The first-order chi connectivity index (χ1) is 19.7. The topological polar surface area (TPSA) is 102 Å². The molecule has 0 bridgehead atoms. The number of thiocarbonyl (C=S) groups is 1. The maximum absolute atomic E-state index is 13.0. The second-order valence-corrected chi connectivity index (χ2v) is 10.3. The monoisotopic (exact) mass is 579 g/mol. The summed E-state index contributed by atoms with van der Waals surface area (Å²) in [5.74, 6) is 0.831. The summed E-state index contributed by atoms with van der Waals surface area (Å²) in [5, 5.41) is 8.57. The van der Waals surface area contributed by atoms with Gasteiger partial charge >= 0.3 is 6.03 Å². The third kappa shape index (κ3) is 9.78. The minimum absolute atomic E-state index is 0.0803. The number of pyridine rings is 1. The van der Waals surface area contributed by atoms with Crippen LogP contribution in [0.5, 0.6) is 11.5 Å². The lowest BCUT2D eigenvalue weighted by Crippen LogP contribution is -2.51. The Labute approximate surface area is 244 Å². The fourth-order valence-electron chi connectivity index (χ4n) is 4.11. The van der Waals surface area contributed by atoms with E-state index in [-0.39, 0.29) is 29.3 Å². The van der Waals surface area contributed by atoms with Gasteiger partial charge in [-0.3, -0.25) is 15.0 Å². The molecular weight excluding hydrogens is 545 g/mol. The van der Waals surface area contributed by atoms with Crippen LogP contribution in [0.1, 0.15) is 5.56 Å². The number of carbonyl (C=O) groups is 2. The minimum atomic E-state index is -0.356. The van der Waals surface area contributed by atoms with E-state index in [0.29, 0.717) is 41.7 Å². The van der Waals surface area contributed by atoms with Crippen molar-refractivity contribution in [1.82, 2.24) is 25.0 Å². The smallest absolute Gasteiger partial charge is 0.323 e. The molecular formula is C29H34FN7O3S. The summed E-state index contributed by atoms with van der Waals surface area (Å²) in [7, 11) is 4.11. The molecule has 1 aromatic heterocycles. The number of anilines is 2. The van der Waals surface area contributed by atoms with E-state index in [0.717, 1.165) is 26.2 Å². The number of nitrogens with one attached hydrogen (secondary N) is 3. The van der Waals surface area contributed by atoms with Crippen LogP contribution >= 0.6 is 12.2 Å². The Hall–Kier alpha value is -4.13. The predicted octanol–water partition coefficient (Wildman–Crippen LogP) is 3.78. The Morgan fingerprint density at radius 3 is 2.37 bits per heavy atom. The molecule has 3 amide bonds. The fraction of sp³-hybridized carbons (Fsp3) is 0.310. The summed E-state index contributed by atoms with van der Waals surface area (Å²) < 4.78 is 19.0. The number of ether oxygens (including phenoxy) is 1. The van der Waals surface area contributed by atoms with Crippen LogP contribution in [0.4, 0.5) is 20.7 Å². The number of piperazine rings is 1. The van der Waals surface area contributed by atoms with E-state index < -0.39 is 0 Å². The van der Waals surface area contributed by atoms with Gasteiger partial charge in [-0.2, -0.15) is 0 Å². The molecule has 3 aromatic rings. The molecule has 0 saturated carbocycles. The van der Waals surface area contributed by atoms with E-state index in [1.165, 1.54) is 12.1 Å². The molecule has 41 heavy (non-hydrogen) atoms. The van der Waals surface area contributed by atoms with Gasteiger partial charge in [0.2, 0.25) is 5.91 Å². The highest BCUT2D eigenvalue weighted by Crippen LogP contribution is 2.24. The quantitative estimate of drug-likeness (QED) is 0.330. The van der Waals surface area contributed by atoms with Gasteiger partial charge in [-0.15, -0.1) is 0 Å².